The van der Waals surface area contributed by atoms with Crippen LogP contribution in [0.4, 0.5) is 0 Å². The molecular formula is C13H24O10. The van der Waals surface area contributed by atoms with Crippen LogP contribution in [0.15, 0.2) is 0 Å². The summed E-state index contributed by atoms with van der Waals surface area (Å²) in [6, 6.07) is 0. The zero-order valence-electron chi connectivity index (χ0n) is 12.8. The van der Waals surface area contributed by atoms with Crippen LogP contribution in [0.1, 0.15) is 6.92 Å². The van der Waals surface area contributed by atoms with Crippen molar-refractivity contribution in [3.05, 3.63) is 0 Å². The van der Waals surface area contributed by atoms with E-state index in [1.807, 2.05) is 0 Å². The van der Waals surface area contributed by atoms with E-state index in [4.69, 9.17) is 18.9 Å². The smallest absolute Gasteiger partial charge is 0.187 e. The molecule has 0 unspecified atom stereocenters. The Morgan fingerprint density at radius 2 is 1.43 bits per heavy atom. The molecule has 23 heavy (non-hydrogen) atoms. The van der Waals surface area contributed by atoms with E-state index in [0.717, 1.165) is 0 Å². The first kappa shape index (κ1) is 18.9. The summed E-state index contributed by atoms with van der Waals surface area (Å²) in [5.74, 6) is 0. The number of rotatable bonds is 4. The van der Waals surface area contributed by atoms with Gasteiger partial charge in [-0.3, -0.25) is 0 Å². The number of hydrogen-bond acceptors (Lipinski definition) is 10. The third-order valence-electron chi connectivity index (χ3n) is 4.15. The van der Waals surface area contributed by atoms with Crippen LogP contribution in [-0.2, 0) is 18.9 Å². The summed E-state index contributed by atoms with van der Waals surface area (Å²) >= 11 is 0. The second-order valence-corrected chi connectivity index (χ2v) is 5.72. The summed E-state index contributed by atoms with van der Waals surface area (Å²) in [7, 11) is 1.27. The lowest BCUT2D eigenvalue weighted by Crippen LogP contribution is -2.64. The van der Waals surface area contributed by atoms with Gasteiger partial charge >= 0.3 is 0 Å². The van der Waals surface area contributed by atoms with Crippen molar-refractivity contribution < 1.29 is 49.6 Å². The Balaban J connectivity index is 2.10. The van der Waals surface area contributed by atoms with Crippen LogP contribution in [0.2, 0.25) is 0 Å². The van der Waals surface area contributed by atoms with Crippen LogP contribution in [-0.4, -0.2) is 106 Å². The first-order valence-corrected chi connectivity index (χ1v) is 7.32. The summed E-state index contributed by atoms with van der Waals surface area (Å²) in [5.41, 5.74) is 0. The van der Waals surface area contributed by atoms with E-state index in [9.17, 15) is 30.6 Å². The molecule has 10 nitrogen and oxygen atoms in total. The molecule has 2 heterocycles. The van der Waals surface area contributed by atoms with Crippen molar-refractivity contribution in [1.29, 1.82) is 0 Å². The first-order valence-electron chi connectivity index (χ1n) is 7.32. The average molecular weight is 340 g/mol. The highest BCUT2D eigenvalue weighted by Gasteiger charge is 2.49. The maximum Gasteiger partial charge on any atom is 0.187 e. The van der Waals surface area contributed by atoms with Crippen LogP contribution >= 0.6 is 0 Å². The van der Waals surface area contributed by atoms with Gasteiger partial charge in [0.05, 0.1) is 12.7 Å². The Morgan fingerprint density at radius 3 is 2.00 bits per heavy atom. The number of ether oxygens (including phenoxy) is 4. The lowest BCUT2D eigenvalue weighted by Gasteiger charge is -2.45. The molecule has 2 fully saturated rings. The van der Waals surface area contributed by atoms with E-state index in [2.05, 4.69) is 0 Å². The summed E-state index contributed by atoms with van der Waals surface area (Å²) < 4.78 is 20.8. The molecule has 136 valence electrons. The van der Waals surface area contributed by atoms with Crippen LogP contribution < -0.4 is 0 Å². The molecule has 2 aliphatic rings. The van der Waals surface area contributed by atoms with Gasteiger partial charge in [0.2, 0.25) is 0 Å². The summed E-state index contributed by atoms with van der Waals surface area (Å²) in [5, 5.41) is 58.8. The van der Waals surface area contributed by atoms with Gasteiger partial charge in [0.15, 0.2) is 12.6 Å². The van der Waals surface area contributed by atoms with Gasteiger partial charge in [0, 0.05) is 7.11 Å². The normalized spacial score (nSPS) is 51.7. The predicted octanol–water partition coefficient (Wildman–Crippen LogP) is -3.72. The minimum absolute atomic E-state index is 0.544. The largest absolute Gasteiger partial charge is 0.394 e. The highest BCUT2D eigenvalue weighted by Crippen LogP contribution is 2.29. The van der Waals surface area contributed by atoms with E-state index in [-0.39, 0.29) is 0 Å². The second kappa shape index (κ2) is 7.66. The van der Waals surface area contributed by atoms with Crippen LogP contribution in [0, 0.1) is 0 Å². The number of methoxy groups -OCH3 is 1. The monoisotopic (exact) mass is 340 g/mol. The van der Waals surface area contributed by atoms with Crippen molar-refractivity contribution in [2.24, 2.45) is 0 Å². The average Bonchev–Trinajstić information content (AvgIpc) is 2.54. The molecule has 0 aromatic carbocycles. The van der Waals surface area contributed by atoms with E-state index in [0.29, 0.717) is 0 Å². The van der Waals surface area contributed by atoms with Gasteiger partial charge < -0.3 is 49.6 Å². The molecule has 2 aliphatic heterocycles. The summed E-state index contributed by atoms with van der Waals surface area (Å²) in [6.45, 7) is 0.932. The van der Waals surface area contributed by atoms with Gasteiger partial charge in [-0.2, -0.15) is 0 Å². The molecule has 0 bridgehead atoms. The zero-order chi connectivity index (χ0) is 17.3. The topological polar surface area (TPSA) is 158 Å². The molecular weight excluding hydrogens is 316 g/mol. The molecule has 0 saturated carbocycles. The van der Waals surface area contributed by atoms with E-state index in [1.165, 1.54) is 14.0 Å². The Kier molecular flexibility index (Phi) is 6.30. The SMILES string of the molecule is CO[C@H]1O[C@H](CO)[C@@H](O[C@H]2O[C@@H](C)[C@@H](O)[C@@H](O)[C@@H]2O)[C@H](O)[C@H]1O. The van der Waals surface area contributed by atoms with E-state index < -0.39 is 68.0 Å². The van der Waals surface area contributed by atoms with Crippen LogP contribution in [0.5, 0.6) is 0 Å². The van der Waals surface area contributed by atoms with Crippen molar-refractivity contribution >= 4 is 0 Å². The summed E-state index contributed by atoms with van der Waals surface area (Å²) in [4.78, 5) is 0. The maximum absolute atomic E-state index is 10.1. The van der Waals surface area contributed by atoms with Crippen molar-refractivity contribution in [2.45, 2.75) is 68.3 Å². The van der Waals surface area contributed by atoms with Crippen molar-refractivity contribution in [3.8, 4) is 0 Å². The number of aliphatic hydroxyl groups excluding tert-OH is 6. The molecule has 10 heteroatoms. The molecule has 6 N–H and O–H groups in total. The highest BCUT2D eigenvalue weighted by molar-refractivity contribution is 4.93. The molecule has 2 rings (SSSR count). The Labute approximate surface area is 132 Å². The molecule has 0 amide bonds. The van der Waals surface area contributed by atoms with Gasteiger partial charge in [0.25, 0.3) is 0 Å². The molecule has 10 atom stereocenters. The van der Waals surface area contributed by atoms with Gasteiger partial charge in [-0.1, -0.05) is 0 Å². The fourth-order valence-corrected chi connectivity index (χ4v) is 2.70. The van der Waals surface area contributed by atoms with Crippen LogP contribution in [0.3, 0.4) is 0 Å². The number of aliphatic hydroxyl groups is 6. The third kappa shape index (κ3) is 3.66. The van der Waals surface area contributed by atoms with Crippen molar-refractivity contribution in [1.82, 2.24) is 0 Å². The minimum Gasteiger partial charge on any atom is -0.394 e. The van der Waals surface area contributed by atoms with Crippen molar-refractivity contribution in [2.75, 3.05) is 13.7 Å². The molecule has 0 radical (unpaired) electrons. The second-order valence-electron chi connectivity index (χ2n) is 5.72. The lowest BCUT2D eigenvalue weighted by atomic mass is 9.97. The Bertz CT molecular complexity index is 380. The molecule has 0 aromatic rings. The van der Waals surface area contributed by atoms with E-state index >= 15 is 0 Å². The Hall–Kier alpha value is -0.400. The van der Waals surface area contributed by atoms with Gasteiger partial charge in [0.1, 0.15) is 42.7 Å². The molecule has 0 spiro atoms. The van der Waals surface area contributed by atoms with Gasteiger partial charge in [-0.25, -0.2) is 0 Å². The molecule has 2 saturated heterocycles. The van der Waals surface area contributed by atoms with E-state index in [1.54, 1.807) is 0 Å². The molecule has 0 aliphatic carbocycles. The standard InChI is InChI=1S/C13H24O10/c1-4-6(15)7(16)9(18)13(21-4)23-11-5(3-14)22-12(20-2)10(19)8(11)17/h4-19H,3H2,1-2H3/t4-,5+,6+,7+,8+,9-,10+,11+,12-,13+/m0/s1. The van der Waals surface area contributed by atoms with Gasteiger partial charge in [-0.05, 0) is 6.92 Å². The third-order valence-corrected chi connectivity index (χ3v) is 4.15. The highest BCUT2D eigenvalue weighted by atomic mass is 16.7. The fraction of sp³-hybridized carbons (Fsp3) is 1.00. The maximum atomic E-state index is 10.1. The quantitative estimate of drug-likeness (QED) is 0.300. The Morgan fingerprint density at radius 1 is 0.826 bits per heavy atom. The lowest BCUT2D eigenvalue weighted by molar-refractivity contribution is -0.354. The van der Waals surface area contributed by atoms with Crippen LogP contribution in [0.25, 0.3) is 0 Å². The fourth-order valence-electron chi connectivity index (χ4n) is 2.70. The minimum atomic E-state index is -1.58. The zero-order valence-corrected chi connectivity index (χ0v) is 12.8. The number of hydrogen-bond donors (Lipinski definition) is 6. The first-order chi connectivity index (χ1) is 10.8. The summed E-state index contributed by atoms with van der Waals surface area (Å²) in [6.07, 6.45) is -13.0. The van der Waals surface area contributed by atoms with Crippen molar-refractivity contribution in [3.63, 3.8) is 0 Å². The molecule has 0 aromatic heterocycles. The predicted molar refractivity (Wildman–Crippen MR) is 72.0 cm³/mol. The van der Waals surface area contributed by atoms with Gasteiger partial charge in [-0.15, -0.1) is 0 Å².